The van der Waals surface area contributed by atoms with Crippen molar-refractivity contribution in [2.45, 2.75) is 39.7 Å². The third-order valence-electron chi connectivity index (χ3n) is 4.16. The second-order valence-corrected chi connectivity index (χ2v) is 8.98. The van der Waals surface area contributed by atoms with Crippen molar-refractivity contribution in [1.29, 1.82) is 0 Å². The molecule has 24 heavy (non-hydrogen) atoms. The van der Waals surface area contributed by atoms with Gasteiger partial charge in [-0.3, -0.25) is 4.79 Å². The average Bonchev–Trinajstić information content (AvgIpc) is 2.68. The van der Waals surface area contributed by atoms with Crippen molar-refractivity contribution < 1.29 is 22.7 Å². The lowest BCUT2D eigenvalue weighted by Crippen LogP contribution is -2.48. The highest BCUT2D eigenvalue weighted by Gasteiger charge is 2.39. The van der Waals surface area contributed by atoms with Crippen LogP contribution in [0.1, 0.15) is 40.4 Å². The summed E-state index contributed by atoms with van der Waals surface area (Å²) in [4.78, 5) is 24.2. The first-order chi connectivity index (χ1) is 11.0. The molecule has 1 amide bonds. The topological polar surface area (TPSA) is 89.5 Å². The van der Waals surface area contributed by atoms with Gasteiger partial charge in [0.05, 0.1) is 22.6 Å². The molecule has 1 heterocycles. The van der Waals surface area contributed by atoms with Gasteiger partial charge in [0.1, 0.15) is 0 Å². The number of sulfone groups is 1. The lowest BCUT2D eigenvalue weighted by Gasteiger charge is -2.23. The van der Waals surface area contributed by atoms with E-state index in [1.165, 1.54) is 0 Å². The highest BCUT2D eigenvalue weighted by molar-refractivity contribution is 7.91. The van der Waals surface area contributed by atoms with Crippen LogP contribution in [0.4, 0.5) is 0 Å². The number of nitrogens with one attached hydrogen (secondary N) is 1. The van der Waals surface area contributed by atoms with Crippen molar-refractivity contribution >= 4 is 21.7 Å². The Morgan fingerprint density at radius 2 is 1.79 bits per heavy atom. The summed E-state index contributed by atoms with van der Waals surface area (Å²) in [6.45, 7) is 6.84. The fraction of sp³-hybridized carbons (Fsp3) is 0.529. The Kier molecular flexibility index (Phi) is 5.03. The molecule has 0 bridgehead atoms. The number of carbonyl (C=O) groups excluding carboxylic acids is 2. The van der Waals surface area contributed by atoms with Crippen LogP contribution in [-0.2, 0) is 19.4 Å². The molecule has 0 aliphatic carbocycles. The number of hydrogen-bond acceptors (Lipinski definition) is 5. The molecule has 0 aromatic heterocycles. The number of esters is 1. The third kappa shape index (κ3) is 4.35. The standard InChI is InChI=1S/C17H23NO5S/c1-11-7-12(2)15(13(3)8-11)16(20)23-9-14(19)18-17(4)5-6-24(21,22)10-17/h7-8H,5-6,9-10H2,1-4H3,(H,18,19)/t17-/m1/s1. The van der Waals surface area contributed by atoms with Crippen LogP contribution in [0.3, 0.4) is 0 Å². The van der Waals surface area contributed by atoms with Gasteiger partial charge in [0.15, 0.2) is 16.4 Å². The Balaban J connectivity index is 1.96. The Morgan fingerprint density at radius 1 is 1.21 bits per heavy atom. The zero-order valence-electron chi connectivity index (χ0n) is 14.4. The molecule has 7 heteroatoms. The minimum Gasteiger partial charge on any atom is -0.452 e. The van der Waals surface area contributed by atoms with Crippen LogP contribution >= 0.6 is 0 Å². The van der Waals surface area contributed by atoms with E-state index in [-0.39, 0.29) is 11.5 Å². The first-order valence-electron chi connectivity index (χ1n) is 7.78. The summed E-state index contributed by atoms with van der Waals surface area (Å²) >= 11 is 0. The van der Waals surface area contributed by atoms with E-state index in [1.54, 1.807) is 6.92 Å². The van der Waals surface area contributed by atoms with Gasteiger partial charge in [0.2, 0.25) is 0 Å². The van der Waals surface area contributed by atoms with Crippen LogP contribution in [-0.4, -0.2) is 43.9 Å². The molecule has 1 aromatic carbocycles. The SMILES string of the molecule is Cc1cc(C)c(C(=O)OCC(=O)N[C@]2(C)CCS(=O)(=O)C2)c(C)c1. The van der Waals surface area contributed by atoms with Gasteiger partial charge >= 0.3 is 5.97 Å². The van der Waals surface area contributed by atoms with Crippen molar-refractivity contribution in [3.05, 3.63) is 34.4 Å². The fourth-order valence-electron chi connectivity index (χ4n) is 3.19. The normalized spacial score (nSPS) is 22.2. The van der Waals surface area contributed by atoms with Crippen molar-refractivity contribution in [1.82, 2.24) is 5.32 Å². The molecule has 2 rings (SSSR count). The molecule has 0 spiro atoms. The first-order valence-corrected chi connectivity index (χ1v) is 9.60. The number of aryl methyl sites for hydroxylation is 3. The quantitative estimate of drug-likeness (QED) is 0.828. The summed E-state index contributed by atoms with van der Waals surface area (Å²) in [7, 11) is -3.11. The van der Waals surface area contributed by atoms with Gasteiger partial charge < -0.3 is 10.1 Å². The van der Waals surface area contributed by atoms with Gasteiger partial charge in [-0.25, -0.2) is 13.2 Å². The summed E-state index contributed by atoms with van der Waals surface area (Å²) < 4.78 is 28.2. The average molecular weight is 353 g/mol. The maximum Gasteiger partial charge on any atom is 0.339 e. The lowest BCUT2D eigenvalue weighted by atomic mass is 10.00. The minimum atomic E-state index is -3.11. The van der Waals surface area contributed by atoms with E-state index >= 15 is 0 Å². The van der Waals surface area contributed by atoms with E-state index in [2.05, 4.69) is 5.32 Å². The van der Waals surface area contributed by atoms with Crippen molar-refractivity contribution in [3.8, 4) is 0 Å². The van der Waals surface area contributed by atoms with Crippen LogP contribution in [0.25, 0.3) is 0 Å². The number of benzene rings is 1. The van der Waals surface area contributed by atoms with Crippen LogP contribution in [0, 0.1) is 20.8 Å². The van der Waals surface area contributed by atoms with Crippen LogP contribution in [0.5, 0.6) is 0 Å². The second-order valence-electron chi connectivity index (χ2n) is 6.80. The summed E-state index contributed by atoms with van der Waals surface area (Å²) in [5.41, 5.74) is 2.31. The van der Waals surface area contributed by atoms with Gasteiger partial charge in [0, 0.05) is 0 Å². The largest absolute Gasteiger partial charge is 0.452 e. The molecular weight excluding hydrogens is 330 g/mol. The van der Waals surface area contributed by atoms with Crippen LogP contribution in [0.2, 0.25) is 0 Å². The molecule has 132 valence electrons. The zero-order chi connectivity index (χ0) is 18.1. The van der Waals surface area contributed by atoms with E-state index in [0.717, 1.165) is 16.7 Å². The van der Waals surface area contributed by atoms with E-state index in [0.29, 0.717) is 12.0 Å². The van der Waals surface area contributed by atoms with Crippen LogP contribution < -0.4 is 5.32 Å². The zero-order valence-corrected chi connectivity index (χ0v) is 15.2. The number of ether oxygens (including phenoxy) is 1. The predicted octanol–water partition coefficient (Wildman–Crippen LogP) is 1.46. The van der Waals surface area contributed by atoms with Gasteiger partial charge in [-0.2, -0.15) is 0 Å². The molecule has 0 unspecified atom stereocenters. The fourth-order valence-corrected chi connectivity index (χ4v) is 5.28. The van der Waals surface area contributed by atoms with E-state index in [1.807, 2.05) is 32.9 Å². The molecule has 1 aliphatic rings. The summed E-state index contributed by atoms with van der Waals surface area (Å²) in [5.74, 6) is -1.07. The van der Waals surface area contributed by atoms with E-state index < -0.39 is 33.9 Å². The number of hydrogen-bond donors (Lipinski definition) is 1. The smallest absolute Gasteiger partial charge is 0.339 e. The molecule has 1 atom stereocenters. The summed E-state index contributed by atoms with van der Waals surface area (Å²) in [5, 5.41) is 2.66. The van der Waals surface area contributed by atoms with Gasteiger partial charge in [-0.15, -0.1) is 0 Å². The molecule has 1 saturated heterocycles. The monoisotopic (exact) mass is 353 g/mol. The van der Waals surface area contributed by atoms with Crippen LogP contribution in [0.15, 0.2) is 12.1 Å². The molecule has 1 fully saturated rings. The molecule has 6 nitrogen and oxygen atoms in total. The van der Waals surface area contributed by atoms with E-state index in [4.69, 9.17) is 4.74 Å². The van der Waals surface area contributed by atoms with E-state index in [9.17, 15) is 18.0 Å². The van der Waals surface area contributed by atoms with Crippen molar-refractivity contribution in [3.63, 3.8) is 0 Å². The molecular formula is C17H23NO5S. The van der Waals surface area contributed by atoms with Gasteiger partial charge in [-0.05, 0) is 45.2 Å². The molecule has 1 aromatic rings. The van der Waals surface area contributed by atoms with Crippen molar-refractivity contribution in [2.75, 3.05) is 18.1 Å². The van der Waals surface area contributed by atoms with Crippen molar-refractivity contribution in [2.24, 2.45) is 0 Å². The number of amides is 1. The highest BCUT2D eigenvalue weighted by Crippen LogP contribution is 2.22. The molecule has 0 saturated carbocycles. The first kappa shape index (κ1) is 18.4. The van der Waals surface area contributed by atoms with Gasteiger partial charge in [0.25, 0.3) is 5.91 Å². The Morgan fingerprint density at radius 3 is 2.29 bits per heavy atom. The number of rotatable bonds is 4. The number of carbonyl (C=O) groups is 2. The van der Waals surface area contributed by atoms with Gasteiger partial charge in [-0.1, -0.05) is 17.7 Å². The second kappa shape index (κ2) is 6.55. The Bertz CT molecular complexity index is 761. The molecule has 1 N–H and O–H groups in total. The lowest BCUT2D eigenvalue weighted by molar-refractivity contribution is -0.125. The summed E-state index contributed by atoms with van der Waals surface area (Å²) in [6, 6.07) is 3.77. The Hall–Kier alpha value is -1.89. The maximum absolute atomic E-state index is 12.2. The minimum absolute atomic E-state index is 0.0608. The predicted molar refractivity (Wildman–Crippen MR) is 90.8 cm³/mol. The molecule has 1 aliphatic heterocycles. The molecule has 0 radical (unpaired) electrons. The summed E-state index contributed by atoms with van der Waals surface area (Å²) in [6.07, 6.45) is 0.366. The Labute approximate surface area is 142 Å². The highest BCUT2D eigenvalue weighted by atomic mass is 32.2. The maximum atomic E-state index is 12.2. The third-order valence-corrected chi connectivity index (χ3v) is 6.06.